The molecule has 3 rings (SSSR count). The van der Waals surface area contributed by atoms with Crippen LogP contribution in [0.5, 0.6) is 0 Å². The number of benzene rings is 1. The van der Waals surface area contributed by atoms with Crippen LogP contribution in [0.25, 0.3) is 10.8 Å². The van der Waals surface area contributed by atoms with Gasteiger partial charge in [0.05, 0.1) is 6.26 Å². The fourth-order valence-corrected chi connectivity index (χ4v) is 2.52. The van der Waals surface area contributed by atoms with Crippen LogP contribution in [0.3, 0.4) is 0 Å². The minimum absolute atomic E-state index is 0.223. The van der Waals surface area contributed by atoms with Crippen LogP contribution in [0.2, 0.25) is 0 Å². The van der Waals surface area contributed by atoms with E-state index in [-0.39, 0.29) is 5.91 Å². The van der Waals surface area contributed by atoms with Crippen LogP contribution in [0.1, 0.15) is 10.4 Å². The first-order valence-electron chi connectivity index (χ1n) is 5.67. The predicted molar refractivity (Wildman–Crippen MR) is 79.7 cm³/mol. The average Bonchev–Trinajstić information content (AvgIpc) is 3.09. The van der Waals surface area contributed by atoms with Crippen LogP contribution in [0, 0.1) is 0 Å². The zero-order chi connectivity index (χ0) is 13.9. The molecule has 0 saturated heterocycles. The molecule has 0 atom stereocenters. The molecule has 0 aliphatic rings. The second-order valence-electron chi connectivity index (χ2n) is 3.85. The van der Waals surface area contributed by atoms with Crippen molar-refractivity contribution in [2.45, 2.75) is 0 Å². The molecule has 2 aromatic heterocycles. The highest BCUT2D eigenvalue weighted by Gasteiger charge is 2.12. The van der Waals surface area contributed by atoms with Gasteiger partial charge in [-0.2, -0.15) is 0 Å². The lowest BCUT2D eigenvalue weighted by molar-refractivity contribution is 0.102. The molecule has 0 spiro atoms. The lowest BCUT2D eigenvalue weighted by Crippen LogP contribution is -2.11. The first-order chi connectivity index (χ1) is 9.72. The van der Waals surface area contributed by atoms with Gasteiger partial charge < -0.3 is 4.42 Å². The number of hydrogen-bond donors (Lipinski definition) is 1. The summed E-state index contributed by atoms with van der Waals surface area (Å²) in [7, 11) is 0. The normalized spacial score (nSPS) is 10.4. The van der Waals surface area contributed by atoms with Crippen molar-refractivity contribution in [1.29, 1.82) is 0 Å². The first-order valence-corrected chi connectivity index (χ1v) is 7.27. The number of aromatic nitrogens is 2. The lowest BCUT2D eigenvalue weighted by Gasteiger charge is -2.00. The molecule has 20 heavy (non-hydrogen) atoms. The van der Waals surface area contributed by atoms with Crippen LogP contribution < -0.4 is 5.32 Å². The van der Waals surface area contributed by atoms with Crippen LogP contribution in [0.4, 0.5) is 5.13 Å². The fraction of sp³-hybridized carbons (Fsp3) is 0. The van der Waals surface area contributed by atoms with Crippen LogP contribution in [0.15, 0.2) is 51.6 Å². The highest BCUT2D eigenvalue weighted by molar-refractivity contribution is 9.10. The van der Waals surface area contributed by atoms with E-state index in [4.69, 9.17) is 4.42 Å². The number of nitrogens with zero attached hydrogens (tertiary/aromatic N) is 2. The largest absolute Gasteiger partial charge is 0.462 e. The second-order valence-corrected chi connectivity index (χ2v) is 5.74. The third-order valence-electron chi connectivity index (χ3n) is 2.48. The summed E-state index contributed by atoms with van der Waals surface area (Å²) in [4.78, 5) is 12.0. The molecular weight excluding hydrogens is 342 g/mol. The van der Waals surface area contributed by atoms with Gasteiger partial charge in [-0.3, -0.25) is 10.1 Å². The van der Waals surface area contributed by atoms with Crippen molar-refractivity contribution in [1.82, 2.24) is 10.2 Å². The molecule has 1 amide bonds. The lowest BCUT2D eigenvalue weighted by atomic mass is 10.2. The van der Waals surface area contributed by atoms with Gasteiger partial charge in [0.2, 0.25) is 5.13 Å². The van der Waals surface area contributed by atoms with Gasteiger partial charge in [-0.25, -0.2) is 0 Å². The van der Waals surface area contributed by atoms with Crippen molar-refractivity contribution in [2.24, 2.45) is 0 Å². The molecule has 3 aromatic rings. The molecular formula is C13H8BrN3O2S. The average molecular weight is 350 g/mol. The Morgan fingerprint density at radius 1 is 1.20 bits per heavy atom. The van der Waals surface area contributed by atoms with Crippen LogP contribution in [-0.2, 0) is 0 Å². The Bertz CT molecular complexity index is 722. The summed E-state index contributed by atoms with van der Waals surface area (Å²) < 4.78 is 6.15. The van der Waals surface area contributed by atoms with Crippen LogP contribution in [-0.4, -0.2) is 16.1 Å². The maximum atomic E-state index is 12.0. The quantitative estimate of drug-likeness (QED) is 0.780. The molecule has 0 saturated carbocycles. The molecule has 7 heteroatoms. The van der Waals surface area contributed by atoms with E-state index in [9.17, 15) is 4.79 Å². The van der Waals surface area contributed by atoms with Gasteiger partial charge in [0.15, 0.2) is 10.8 Å². The third-order valence-corrected chi connectivity index (χ3v) is 3.87. The molecule has 2 heterocycles. The van der Waals surface area contributed by atoms with Gasteiger partial charge in [-0.05, 0) is 36.4 Å². The molecule has 0 radical (unpaired) electrons. The van der Waals surface area contributed by atoms with E-state index in [2.05, 4.69) is 31.4 Å². The molecule has 0 aliphatic carbocycles. The summed E-state index contributed by atoms with van der Waals surface area (Å²) in [5.41, 5.74) is 0.558. The minimum atomic E-state index is -0.223. The number of carbonyl (C=O) groups excluding carboxylic acids is 1. The van der Waals surface area contributed by atoms with Crippen molar-refractivity contribution >= 4 is 38.3 Å². The van der Waals surface area contributed by atoms with Gasteiger partial charge in [-0.15, -0.1) is 10.2 Å². The number of amides is 1. The monoisotopic (exact) mass is 349 g/mol. The Morgan fingerprint density at radius 3 is 2.70 bits per heavy atom. The highest BCUT2D eigenvalue weighted by Crippen LogP contribution is 2.26. The van der Waals surface area contributed by atoms with Crippen molar-refractivity contribution in [2.75, 3.05) is 5.32 Å². The molecule has 0 bridgehead atoms. The summed E-state index contributed by atoms with van der Waals surface area (Å²) in [6.07, 6.45) is 1.57. The Morgan fingerprint density at radius 2 is 2.00 bits per heavy atom. The molecule has 0 fully saturated rings. The van der Waals surface area contributed by atoms with Gasteiger partial charge in [-0.1, -0.05) is 27.3 Å². The molecule has 0 aliphatic heterocycles. The van der Waals surface area contributed by atoms with Crippen molar-refractivity contribution in [3.63, 3.8) is 0 Å². The third kappa shape index (κ3) is 2.78. The molecule has 0 unspecified atom stereocenters. The first kappa shape index (κ1) is 13.0. The fourth-order valence-electron chi connectivity index (χ4n) is 1.54. The summed E-state index contributed by atoms with van der Waals surface area (Å²) in [6.45, 7) is 0. The summed E-state index contributed by atoms with van der Waals surface area (Å²) in [5.74, 6) is 0.409. The Hall–Kier alpha value is -1.99. The number of hydrogen-bond acceptors (Lipinski definition) is 5. The number of anilines is 1. The van der Waals surface area contributed by atoms with E-state index in [1.165, 1.54) is 11.3 Å². The minimum Gasteiger partial charge on any atom is -0.462 e. The van der Waals surface area contributed by atoms with E-state index in [1.54, 1.807) is 30.5 Å². The maximum absolute atomic E-state index is 12.0. The van der Waals surface area contributed by atoms with Crippen molar-refractivity contribution in [3.05, 3.63) is 52.7 Å². The summed E-state index contributed by atoms with van der Waals surface area (Å²) in [5, 5.41) is 11.7. The van der Waals surface area contributed by atoms with Crippen molar-refractivity contribution < 1.29 is 9.21 Å². The predicted octanol–water partition coefficient (Wildman–Crippen LogP) is 3.81. The van der Waals surface area contributed by atoms with E-state index < -0.39 is 0 Å². The number of furan rings is 1. The second kappa shape index (κ2) is 5.56. The molecule has 1 N–H and O–H groups in total. The zero-order valence-corrected chi connectivity index (χ0v) is 12.4. The Kier molecular flexibility index (Phi) is 3.62. The molecule has 100 valence electrons. The van der Waals surface area contributed by atoms with Crippen molar-refractivity contribution in [3.8, 4) is 10.8 Å². The Labute approximate surface area is 126 Å². The zero-order valence-electron chi connectivity index (χ0n) is 10.0. The van der Waals surface area contributed by atoms with E-state index in [1.807, 2.05) is 12.1 Å². The van der Waals surface area contributed by atoms with Gasteiger partial charge >= 0.3 is 0 Å². The molecule has 5 nitrogen and oxygen atoms in total. The number of nitrogens with one attached hydrogen (secondary N) is 1. The smallest absolute Gasteiger partial charge is 0.257 e. The van der Waals surface area contributed by atoms with Gasteiger partial charge in [0.25, 0.3) is 5.91 Å². The number of carbonyl (C=O) groups is 1. The topological polar surface area (TPSA) is 68.0 Å². The number of rotatable bonds is 3. The van der Waals surface area contributed by atoms with Gasteiger partial charge in [0.1, 0.15) is 0 Å². The summed E-state index contributed by atoms with van der Waals surface area (Å²) in [6, 6.07) is 10.6. The number of halogens is 1. The van der Waals surface area contributed by atoms with Crippen LogP contribution >= 0.6 is 27.3 Å². The highest BCUT2D eigenvalue weighted by atomic mass is 79.9. The van der Waals surface area contributed by atoms with E-state index in [0.717, 1.165) is 4.47 Å². The van der Waals surface area contributed by atoms with Gasteiger partial charge in [0, 0.05) is 10.0 Å². The van der Waals surface area contributed by atoms with E-state index >= 15 is 0 Å². The SMILES string of the molecule is O=C(Nc1nnc(-c2ccco2)s1)c1ccc(Br)cc1. The standard InChI is InChI=1S/C13H8BrN3O2S/c14-9-5-3-8(4-6-9)11(18)15-13-17-16-12(20-13)10-2-1-7-19-10/h1-7H,(H,15,17,18). The molecule has 1 aromatic carbocycles. The Balaban J connectivity index is 1.75. The van der Waals surface area contributed by atoms with E-state index in [0.29, 0.717) is 21.5 Å². The summed E-state index contributed by atoms with van der Waals surface area (Å²) >= 11 is 4.58. The maximum Gasteiger partial charge on any atom is 0.257 e.